The van der Waals surface area contributed by atoms with Crippen LogP contribution in [0, 0.1) is 5.92 Å². The van der Waals surface area contributed by atoms with Crippen molar-refractivity contribution in [2.75, 3.05) is 25.2 Å². The highest BCUT2D eigenvalue weighted by atomic mass is 16.7. The predicted octanol–water partition coefficient (Wildman–Crippen LogP) is 1.59. The Morgan fingerprint density at radius 3 is 2.47 bits per heavy atom. The average Bonchev–Trinajstić information content (AvgIpc) is 3.56. The van der Waals surface area contributed by atoms with Crippen molar-refractivity contribution in [2.24, 2.45) is 5.92 Å². The van der Waals surface area contributed by atoms with E-state index in [9.17, 15) is 14.4 Å². The van der Waals surface area contributed by atoms with Gasteiger partial charge in [-0.1, -0.05) is 0 Å². The molecule has 0 atom stereocenters. The molecule has 3 heterocycles. The van der Waals surface area contributed by atoms with Crippen LogP contribution in [0.15, 0.2) is 30.6 Å². The van der Waals surface area contributed by atoms with Crippen molar-refractivity contribution in [2.45, 2.75) is 31.7 Å². The fourth-order valence-corrected chi connectivity index (χ4v) is 3.90. The Morgan fingerprint density at radius 1 is 0.938 bits per heavy atom. The fourth-order valence-electron chi connectivity index (χ4n) is 3.90. The lowest BCUT2D eigenvalue weighted by Gasteiger charge is -2.32. The Labute approximate surface area is 184 Å². The van der Waals surface area contributed by atoms with Gasteiger partial charge in [-0.05, 0) is 43.9 Å². The SMILES string of the molecule is O=C(Nc1nccnc1C(=O)NC1CCN(C(=O)C2CC2)CC1)c1ccc2c(c1)OCO2. The van der Waals surface area contributed by atoms with Gasteiger partial charge in [-0.3, -0.25) is 14.4 Å². The molecule has 3 aliphatic rings. The molecule has 2 aliphatic heterocycles. The smallest absolute Gasteiger partial charge is 0.273 e. The molecule has 0 unspecified atom stereocenters. The molecule has 5 rings (SSSR count). The van der Waals surface area contributed by atoms with E-state index >= 15 is 0 Å². The molecule has 1 aliphatic carbocycles. The Morgan fingerprint density at radius 2 is 1.69 bits per heavy atom. The number of likely N-dealkylation sites (tertiary alicyclic amines) is 1. The lowest BCUT2D eigenvalue weighted by molar-refractivity contribution is -0.133. The van der Waals surface area contributed by atoms with Crippen LogP contribution in [0.2, 0.25) is 0 Å². The van der Waals surface area contributed by atoms with Gasteiger partial charge in [0.1, 0.15) is 0 Å². The van der Waals surface area contributed by atoms with Crippen LogP contribution in [-0.4, -0.2) is 58.5 Å². The Kier molecular flexibility index (Phi) is 5.34. The van der Waals surface area contributed by atoms with Gasteiger partial charge in [-0.2, -0.15) is 0 Å². The zero-order chi connectivity index (χ0) is 22.1. The number of nitrogens with one attached hydrogen (secondary N) is 2. The van der Waals surface area contributed by atoms with Gasteiger partial charge in [-0.25, -0.2) is 9.97 Å². The van der Waals surface area contributed by atoms with Crippen LogP contribution in [0.4, 0.5) is 5.82 Å². The lowest BCUT2D eigenvalue weighted by atomic mass is 10.0. The number of hydrogen-bond donors (Lipinski definition) is 2. The monoisotopic (exact) mass is 437 g/mol. The first-order chi connectivity index (χ1) is 15.6. The third-order valence-electron chi connectivity index (χ3n) is 5.85. The van der Waals surface area contributed by atoms with Crippen molar-refractivity contribution in [1.29, 1.82) is 0 Å². The van der Waals surface area contributed by atoms with E-state index < -0.39 is 11.8 Å². The molecule has 3 amide bonds. The molecule has 10 heteroatoms. The Hall–Kier alpha value is -3.69. The minimum Gasteiger partial charge on any atom is -0.454 e. The molecule has 2 aromatic rings. The zero-order valence-corrected chi connectivity index (χ0v) is 17.4. The number of hydrogen-bond acceptors (Lipinski definition) is 7. The van der Waals surface area contributed by atoms with Gasteiger partial charge in [0.2, 0.25) is 12.7 Å². The molecule has 166 valence electrons. The van der Waals surface area contributed by atoms with Crippen molar-refractivity contribution >= 4 is 23.5 Å². The number of ether oxygens (including phenoxy) is 2. The topological polar surface area (TPSA) is 123 Å². The number of benzene rings is 1. The molecular formula is C22H23N5O5. The molecule has 0 bridgehead atoms. The van der Waals surface area contributed by atoms with Gasteiger partial charge >= 0.3 is 0 Å². The standard InChI is InChI=1S/C22H23N5O5/c28-20(14-3-4-16-17(11-14)32-12-31-16)26-19-18(23-7-8-24-19)21(29)25-15-5-9-27(10-6-15)22(30)13-1-2-13/h3-4,7-8,11,13,15H,1-2,5-6,9-10,12H2,(H,25,29)(H,24,26,28). The highest BCUT2D eigenvalue weighted by Crippen LogP contribution is 2.33. The van der Waals surface area contributed by atoms with E-state index in [1.807, 2.05) is 4.90 Å². The minimum atomic E-state index is -0.440. The molecule has 2 fully saturated rings. The third kappa shape index (κ3) is 4.20. The minimum absolute atomic E-state index is 0.0399. The highest BCUT2D eigenvalue weighted by Gasteiger charge is 2.35. The van der Waals surface area contributed by atoms with Crippen molar-refractivity contribution < 1.29 is 23.9 Å². The number of carbonyl (C=O) groups excluding carboxylic acids is 3. The molecule has 1 saturated heterocycles. The summed E-state index contributed by atoms with van der Waals surface area (Å²) in [5, 5.41) is 5.61. The first-order valence-electron chi connectivity index (χ1n) is 10.7. The molecule has 0 radical (unpaired) electrons. The van der Waals surface area contributed by atoms with Gasteiger partial charge in [0.05, 0.1) is 0 Å². The quantitative estimate of drug-likeness (QED) is 0.728. The summed E-state index contributed by atoms with van der Waals surface area (Å²) in [5.74, 6) is 0.728. The van der Waals surface area contributed by atoms with Gasteiger partial charge in [0, 0.05) is 43.0 Å². The second kappa shape index (κ2) is 8.45. The summed E-state index contributed by atoms with van der Waals surface area (Å²) in [6.07, 6.45) is 6.16. The number of fused-ring (bicyclic) bond motifs is 1. The maximum absolute atomic E-state index is 12.9. The Balaban J connectivity index is 1.22. The Bertz CT molecular complexity index is 1060. The van der Waals surface area contributed by atoms with Crippen molar-refractivity contribution in [1.82, 2.24) is 20.2 Å². The lowest BCUT2D eigenvalue weighted by Crippen LogP contribution is -2.47. The number of carbonyl (C=O) groups is 3. The predicted molar refractivity (Wildman–Crippen MR) is 112 cm³/mol. The number of aromatic nitrogens is 2. The summed E-state index contributed by atoms with van der Waals surface area (Å²) >= 11 is 0. The zero-order valence-electron chi connectivity index (χ0n) is 17.4. The average molecular weight is 437 g/mol. The summed E-state index contributed by atoms with van der Waals surface area (Å²) < 4.78 is 10.6. The third-order valence-corrected chi connectivity index (χ3v) is 5.85. The van der Waals surface area contributed by atoms with Crippen molar-refractivity contribution in [3.8, 4) is 11.5 Å². The van der Waals surface area contributed by atoms with E-state index in [0.717, 1.165) is 12.8 Å². The number of rotatable bonds is 5. The van der Waals surface area contributed by atoms with Crippen LogP contribution in [-0.2, 0) is 4.79 Å². The van der Waals surface area contributed by atoms with Gasteiger partial charge < -0.3 is 25.0 Å². The van der Waals surface area contributed by atoms with E-state index in [4.69, 9.17) is 9.47 Å². The summed E-state index contributed by atoms with van der Waals surface area (Å²) in [7, 11) is 0. The normalized spacial score (nSPS) is 17.7. The fraction of sp³-hybridized carbons (Fsp3) is 0.409. The summed E-state index contributed by atoms with van der Waals surface area (Å²) in [5.41, 5.74) is 0.386. The van der Waals surface area contributed by atoms with Crippen LogP contribution in [0.5, 0.6) is 11.5 Å². The van der Waals surface area contributed by atoms with E-state index in [-0.39, 0.29) is 36.2 Å². The summed E-state index contributed by atoms with van der Waals surface area (Å²) in [4.78, 5) is 47.9. The number of anilines is 1. The second-order valence-corrected chi connectivity index (χ2v) is 8.12. The number of piperidine rings is 1. The maximum atomic E-state index is 12.9. The van der Waals surface area contributed by atoms with Crippen LogP contribution in [0.1, 0.15) is 46.5 Å². The van der Waals surface area contributed by atoms with Crippen LogP contribution < -0.4 is 20.1 Å². The largest absolute Gasteiger partial charge is 0.454 e. The van der Waals surface area contributed by atoms with E-state index in [1.165, 1.54) is 12.4 Å². The molecule has 1 saturated carbocycles. The van der Waals surface area contributed by atoms with Gasteiger partial charge in [0.15, 0.2) is 23.0 Å². The van der Waals surface area contributed by atoms with E-state index in [2.05, 4.69) is 20.6 Å². The van der Waals surface area contributed by atoms with Gasteiger partial charge in [0.25, 0.3) is 11.8 Å². The van der Waals surface area contributed by atoms with Gasteiger partial charge in [-0.15, -0.1) is 0 Å². The highest BCUT2D eigenvalue weighted by molar-refractivity contribution is 6.07. The molecule has 0 spiro atoms. The molecule has 2 N–H and O–H groups in total. The molecule has 1 aromatic carbocycles. The van der Waals surface area contributed by atoms with Crippen LogP contribution in [0.25, 0.3) is 0 Å². The molecular weight excluding hydrogens is 414 g/mol. The molecule has 1 aromatic heterocycles. The van der Waals surface area contributed by atoms with E-state index in [0.29, 0.717) is 43.0 Å². The molecule has 10 nitrogen and oxygen atoms in total. The second-order valence-electron chi connectivity index (χ2n) is 8.12. The maximum Gasteiger partial charge on any atom is 0.273 e. The molecule has 32 heavy (non-hydrogen) atoms. The van der Waals surface area contributed by atoms with E-state index in [1.54, 1.807) is 18.2 Å². The first kappa shape index (κ1) is 20.2. The number of amides is 3. The van der Waals surface area contributed by atoms with Crippen molar-refractivity contribution in [3.05, 3.63) is 41.9 Å². The number of nitrogens with zero attached hydrogens (tertiary/aromatic N) is 3. The van der Waals surface area contributed by atoms with Crippen LogP contribution in [0.3, 0.4) is 0 Å². The van der Waals surface area contributed by atoms with Crippen molar-refractivity contribution in [3.63, 3.8) is 0 Å². The van der Waals surface area contributed by atoms with Crippen LogP contribution >= 0.6 is 0 Å². The first-order valence-corrected chi connectivity index (χ1v) is 10.7. The summed E-state index contributed by atoms with van der Waals surface area (Å²) in [6.45, 7) is 1.38. The summed E-state index contributed by atoms with van der Waals surface area (Å²) in [6, 6.07) is 4.77.